The number of benzene rings is 1. The van der Waals surface area contributed by atoms with E-state index in [0.29, 0.717) is 17.4 Å². The van der Waals surface area contributed by atoms with E-state index in [0.717, 1.165) is 21.2 Å². The van der Waals surface area contributed by atoms with E-state index in [4.69, 9.17) is 0 Å². The summed E-state index contributed by atoms with van der Waals surface area (Å²) in [5, 5.41) is 4.63. The number of fused-ring (bicyclic) bond motifs is 1. The molecular weight excluding hydrogens is 234 g/mol. The van der Waals surface area contributed by atoms with Crippen LogP contribution in [0.2, 0.25) is 0 Å². The molecule has 1 aromatic heterocycles. The first-order valence-electron chi connectivity index (χ1n) is 6.21. The van der Waals surface area contributed by atoms with Gasteiger partial charge in [0.25, 0.3) is 0 Å². The summed E-state index contributed by atoms with van der Waals surface area (Å²) in [7, 11) is 0. The highest BCUT2D eigenvalue weighted by atomic mass is 19.3. The lowest BCUT2D eigenvalue weighted by molar-refractivity contribution is 0.0615. The summed E-state index contributed by atoms with van der Waals surface area (Å²) in [4.78, 5) is 0. The molecule has 0 aliphatic rings. The highest BCUT2D eigenvalue weighted by molar-refractivity contribution is 5.84. The fourth-order valence-electron chi connectivity index (χ4n) is 2.16. The minimum absolute atomic E-state index is 0.293. The van der Waals surface area contributed by atoms with Crippen LogP contribution < -0.4 is 0 Å². The van der Waals surface area contributed by atoms with Crippen LogP contribution in [0.3, 0.4) is 0 Å². The third-order valence-electron chi connectivity index (χ3n) is 3.24. The van der Waals surface area contributed by atoms with Gasteiger partial charge in [0.1, 0.15) is 0 Å². The molecule has 0 aliphatic carbocycles. The van der Waals surface area contributed by atoms with Crippen molar-refractivity contribution in [1.29, 1.82) is 0 Å². The highest BCUT2D eigenvalue weighted by Gasteiger charge is 2.17. The van der Waals surface area contributed by atoms with Gasteiger partial charge in [-0.1, -0.05) is 33.8 Å². The van der Waals surface area contributed by atoms with E-state index >= 15 is 0 Å². The fraction of sp³-hybridized carbons (Fsp3) is 0.500. The molecule has 0 amide bonds. The fourth-order valence-corrected chi connectivity index (χ4v) is 2.16. The van der Waals surface area contributed by atoms with Crippen molar-refractivity contribution in [3.63, 3.8) is 0 Å². The molecule has 0 bridgehead atoms. The molecule has 0 radical (unpaired) electrons. The maximum absolute atomic E-state index is 12.9. The van der Waals surface area contributed by atoms with E-state index in [9.17, 15) is 8.78 Å². The van der Waals surface area contributed by atoms with Crippen molar-refractivity contribution in [2.75, 3.05) is 0 Å². The lowest BCUT2D eigenvalue weighted by Crippen LogP contribution is -2.01. The van der Waals surface area contributed by atoms with Crippen molar-refractivity contribution in [1.82, 2.24) is 9.78 Å². The van der Waals surface area contributed by atoms with Gasteiger partial charge in [0, 0.05) is 5.39 Å². The van der Waals surface area contributed by atoms with Gasteiger partial charge in [-0.2, -0.15) is 13.9 Å². The predicted octanol–water partition coefficient (Wildman–Crippen LogP) is 4.68. The van der Waals surface area contributed by atoms with Gasteiger partial charge < -0.3 is 0 Å². The Balaban J connectivity index is 2.75. The molecule has 0 saturated heterocycles. The molecule has 4 heteroatoms. The molecule has 1 heterocycles. The summed E-state index contributed by atoms with van der Waals surface area (Å²) in [6.07, 6.45) is 1.54. The lowest BCUT2D eigenvalue weighted by Gasteiger charge is -2.13. The van der Waals surface area contributed by atoms with Gasteiger partial charge in [-0.05, 0) is 29.0 Å². The summed E-state index contributed by atoms with van der Waals surface area (Å²) < 4.78 is 26.6. The smallest absolute Gasteiger partial charge is 0.204 e. The van der Waals surface area contributed by atoms with Gasteiger partial charge in [-0.15, -0.1) is 0 Å². The van der Waals surface area contributed by atoms with Crippen LogP contribution >= 0.6 is 0 Å². The molecule has 0 N–H and O–H groups in total. The Kier molecular flexibility index (Phi) is 3.37. The van der Waals surface area contributed by atoms with Crippen LogP contribution in [0, 0.1) is 0 Å². The van der Waals surface area contributed by atoms with E-state index in [1.165, 1.54) is 0 Å². The summed E-state index contributed by atoms with van der Waals surface area (Å²) in [5.74, 6) is 0.606. The van der Waals surface area contributed by atoms with Crippen molar-refractivity contribution in [3.8, 4) is 0 Å². The second-order valence-electron chi connectivity index (χ2n) is 5.22. The van der Waals surface area contributed by atoms with Crippen LogP contribution in [0.5, 0.6) is 0 Å². The molecule has 2 nitrogen and oxygen atoms in total. The molecule has 1 aromatic carbocycles. The number of hydrogen-bond donors (Lipinski definition) is 0. The van der Waals surface area contributed by atoms with Crippen molar-refractivity contribution in [2.45, 2.75) is 46.1 Å². The normalized spacial score (nSPS) is 12.3. The Morgan fingerprint density at radius 2 is 1.72 bits per heavy atom. The zero-order valence-electron chi connectivity index (χ0n) is 11.1. The molecule has 18 heavy (non-hydrogen) atoms. The SMILES string of the molecule is CC(C)c1cc(C(C)C)c2cnn(C(F)F)c2c1. The zero-order chi connectivity index (χ0) is 13.4. The molecule has 2 rings (SSSR count). The van der Waals surface area contributed by atoms with Crippen molar-refractivity contribution in [3.05, 3.63) is 29.5 Å². The third kappa shape index (κ3) is 2.11. The van der Waals surface area contributed by atoms with E-state index < -0.39 is 6.55 Å². The molecule has 2 aromatic rings. The van der Waals surface area contributed by atoms with Gasteiger partial charge in [-0.25, -0.2) is 4.68 Å². The number of halogens is 2. The van der Waals surface area contributed by atoms with Crippen LogP contribution in [-0.2, 0) is 0 Å². The van der Waals surface area contributed by atoms with E-state index in [1.807, 2.05) is 6.07 Å². The standard InChI is InChI=1S/C14H18F2N2/c1-8(2)10-5-11(9(3)4)12-7-17-18(14(15)16)13(12)6-10/h5-9,14H,1-4H3. The first-order valence-corrected chi connectivity index (χ1v) is 6.21. The van der Waals surface area contributed by atoms with Gasteiger partial charge in [-0.3, -0.25) is 0 Å². The lowest BCUT2D eigenvalue weighted by atomic mass is 9.93. The van der Waals surface area contributed by atoms with Crippen LogP contribution in [0.15, 0.2) is 18.3 Å². The molecule has 98 valence electrons. The number of rotatable bonds is 3. The average molecular weight is 252 g/mol. The highest BCUT2D eigenvalue weighted by Crippen LogP contribution is 2.31. The van der Waals surface area contributed by atoms with E-state index in [2.05, 4.69) is 38.9 Å². The van der Waals surface area contributed by atoms with Crippen LogP contribution in [0.25, 0.3) is 10.9 Å². The van der Waals surface area contributed by atoms with Gasteiger partial charge in [0.2, 0.25) is 0 Å². The maximum atomic E-state index is 12.9. The number of nitrogens with zero attached hydrogens (tertiary/aromatic N) is 2. The van der Waals surface area contributed by atoms with E-state index in [-0.39, 0.29) is 0 Å². The molecule has 0 spiro atoms. The summed E-state index contributed by atoms with van der Waals surface area (Å²) in [5.41, 5.74) is 2.69. The largest absolute Gasteiger partial charge is 0.333 e. The van der Waals surface area contributed by atoms with Gasteiger partial charge in [0.15, 0.2) is 0 Å². The molecule has 0 unspecified atom stereocenters. The minimum atomic E-state index is -2.59. The van der Waals surface area contributed by atoms with Gasteiger partial charge in [0.05, 0.1) is 11.7 Å². The summed E-state index contributed by atoms with van der Waals surface area (Å²) >= 11 is 0. The Bertz CT molecular complexity index is 556. The number of alkyl halides is 2. The molecule has 0 saturated carbocycles. The molecule has 0 fully saturated rings. The summed E-state index contributed by atoms with van der Waals surface area (Å²) in [6, 6.07) is 3.93. The predicted molar refractivity (Wildman–Crippen MR) is 69.2 cm³/mol. The monoisotopic (exact) mass is 252 g/mol. The minimum Gasteiger partial charge on any atom is -0.204 e. The van der Waals surface area contributed by atoms with Crippen LogP contribution in [0.4, 0.5) is 8.78 Å². The maximum Gasteiger partial charge on any atom is 0.333 e. The second kappa shape index (κ2) is 4.67. The topological polar surface area (TPSA) is 17.8 Å². The number of aromatic nitrogens is 2. The Morgan fingerprint density at radius 1 is 1.06 bits per heavy atom. The van der Waals surface area contributed by atoms with Crippen molar-refractivity contribution < 1.29 is 8.78 Å². The van der Waals surface area contributed by atoms with Crippen molar-refractivity contribution in [2.24, 2.45) is 0 Å². The first-order chi connectivity index (χ1) is 8.41. The Hall–Kier alpha value is -1.45. The summed E-state index contributed by atoms with van der Waals surface area (Å²) in [6.45, 7) is 5.67. The second-order valence-corrected chi connectivity index (χ2v) is 5.22. The van der Waals surface area contributed by atoms with Gasteiger partial charge >= 0.3 is 6.55 Å². The molecular formula is C14H18F2N2. The van der Waals surface area contributed by atoms with E-state index in [1.54, 1.807) is 6.20 Å². The Labute approximate surface area is 106 Å². The third-order valence-corrected chi connectivity index (χ3v) is 3.24. The molecule has 0 aliphatic heterocycles. The zero-order valence-corrected chi connectivity index (χ0v) is 11.1. The Morgan fingerprint density at radius 3 is 2.22 bits per heavy atom. The molecule has 0 atom stereocenters. The van der Waals surface area contributed by atoms with Crippen LogP contribution in [-0.4, -0.2) is 9.78 Å². The first kappa shape index (κ1) is 13.0. The van der Waals surface area contributed by atoms with Crippen LogP contribution in [0.1, 0.15) is 57.2 Å². The van der Waals surface area contributed by atoms with Crippen molar-refractivity contribution >= 4 is 10.9 Å². The average Bonchev–Trinajstić information content (AvgIpc) is 2.70. The number of hydrogen-bond acceptors (Lipinski definition) is 1. The quantitative estimate of drug-likeness (QED) is 0.775.